The minimum absolute atomic E-state index is 0.136. The fourth-order valence-corrected chi connectivity index (χ4v) is 2.98. The Kier molecular flexibility index (Phi) is 5.14. The van der Waals surface area contributed by atoms with E-state index in [1.807, 2.05) is 6.92 Å². The summed E-state index contributed by atoms with van der Waals surface area (Å²) in [6.07, 6.45) is 2.01. The zero-order valence-corrected chi connectivity index (χ0v) is 13.8. The first kappa shape index (κ1) is 16.1. The van der Waals surface area contributed by atoms with Crippen LogP contribution < -0.4 is 5.32 Å². The predicted octanol–water partition coefficient (Wildman–Crippen LogP) is 4.04. The van der Waals surface area contributed by atoms with E-state index in [-0.39, 0.29) is 11.9 Å². The highest BCUT2D eigenvalue weighted by Gasteiger charge is 2.16. The van der Waals surface area contributed by atoms with Gasteiger partial charge in [0.15, 0.2) is 0 Å². The van der Waals surface area contributed by atoms with Crippen LogP contribution in [0, 0.1) is 6.92 Å². The maximum atomic E-state index is 12.1. The number of H-pyrrole nitrogens is 1. The summed E-state index contributed by atoms with van der Waals surface area (Å²) in [5, 5.41) is 10.9. The van der Waals surface area contributed by atoms with E-state index < -0.39 is 0 Å². The van der Waals surface area contributed by atoms with Crippen LogP contribution >= 0.6 is 34.8 Å². The molecule has 0 fully saturated rings. The summed E-state index contributed by atoms with van der Waals surface area (Å²) in [6, 6.07) is 3.14. The molecule has 0 spiro atoms. The summed E-state index contributed by atoms with van der Waals surface area (Å²) >= 11 is 18.2. The highest BCUT2D eigenvalue weighted by atomic mass is 35.5. The lowest BCUT2D eigenvalue weighted by Gasteiger charge is -2.16. The number of carbonyl (C=O) groups excluding carboxylic acids is 1. The standard InChI is InChI=1S/C14H14Cl3N3O/c1-7(19-14(21)11-6-18-20-8(11)2)3-10-12(16)4-9(15)5-13(10)17/h4-7H,3H2,1-2H3,(H,18,20)(H,19,21). The molecule has 4 nitrogen and oxygen atoms in total. The average molecular weight is 347 g/mol. The third-order valence-electron chi connectivity index (χ3n) is 3.07. The summed E-state index contributed by atoms with van der Waals surface area (Å²) in [5.41, 5.74) is 2.01. The third-order valence-corrected chi connectivity index (χ3v) is 3.96. The molecule has 0 aliphatic carbocycles. The molecule has 0 saturated carbocycles. The molecular formula is C14H14Cl3N3O. The lowest BCUT2D eigenvalue weighted by molar-refractivity contribution is 0.0939. The first-order chi connectivity index (χ1) is 9.88. The first-order valence-electron chi connectivity index (χ1n) is 6.32. The molecule has 7 heteroatoms. The molecule has 1 atom stereocenters. The Balaban J connectivity index is 2.07. The molecule has 1 aromatic heterocycles. The highest BCUT2D eigenvalue weighted by Crippen LogP contribution is 2.29. The van der Waals surface area contributed by atoms with Gasteiger partial charge < -0.3 is 5.32 Å². The lowest BCUT2D eigenvalue weighted by atomic mass is 10.1. The van der Waals surface area contributed by atoms with E-state index in [1.165, 1.54) is 6.20 Å². The number of aromatic nitrogens is 2. The second kappa shape index (κ2) is 6.69. The quantitative estimate of drug-likeness (QED) is 0.878. The first-order valence-corrected chi connectivity index (χ1v) is 7.46. The van der Waals surface area contributed by atoms with Crippen molar-refractivity contribution in [2.45, 2.75) is 26.3 Å². The molecule has 1 unspecified atom stereocenters. The molecule has 1 amide bonds. The van der Waals surface area contributed by atoms with Gasteiger partial charge in [0.2, 0.25) is 0 Å². The number of hydrogen-bond acceptors (Lipinski definition) is 2. The van der Waals surface area contributed by atoms with Crippen molar-refractivity contribution in [3.05, 3.63) is 50.2 Å². The SMILES string of the molecule is Cc1[nH]ncc1C(=O)NC(C)Cc1c(Cl)cc(Cl)cc1Cl. The Bertz CT molecular complexity index is 646. The number of carbonyl (C=O) groups is 1. The van der Waals surface area contributed by atoms with E-state index in [0.717, 1.165) is 11.3 Å². The normalized spacial score (nSPS) is 12.2. The van der Waals surface area contributed by atoms with Crippen molar-refractivity contribution in [2.75, 3.05) is 0 Å². The van der Waals surface area contributed by atoms with Crippen LogP contribution in [0.3, 0.4) is 0 Å². The van der Waals surface area contributed by atoms with Crippen LogP contribution in [0.2, 0.25) is 15.1 Å². The predicted molar refractivity (Wildman–Crippen MR) is 85.4 cm³/mol. The maximum absolute atomic E-state index is 12.1. The fourth-order valence-electron chi connectivity index (χ4n) is 2.01. The highest BCUT2D eigenvalue weighted by molar-refractivity contribution is 6.39. The van der Waals surface area contributed by atoms with E-state index in [0.29, 0.717) is 27.1 Å². The van der Waals surface area contributed by atoms with Crippen molar-refractivity contribution in [3.63, 3.8) is 0 Å². The number of nitrogens with zero attached hydrogens (tertiary/aromatic N) is 1. The van der Waals surface area contributed by atoms with Gasteiger partial charge in [0.05, 0.1) is 11.8 Å². The van der Waals surface area contributed by atoms with E-state index in [9.17, 15) is 4.79 Å². The van der Waals surface area contributed by atoms with Crippen molar-refractivity contribution in [1.29, 1.82) is 0 Å². The number of nitrogens with one attached hydrogen (secondary N) is 2. The smallest absolute Gasteiger partial charge is 0.254 e. The summed E-state index contributed by atoms with van der Waals surface area (Å²) in [4.78, 5) is 12.1. The van der Waals surface area contributed by atoms with Crippen molar-refractivity contribution >= 4 is 40.7 Å². The van der Waals surface area contributed by atoms with Crippen molar-refractivity contribution < 1.29 is 4.79 Å². The number of halogens is 3. The second-order valence-electron chi connectivity index (χ2n) is 4.84. The van der Waals surface area contributed by atoms with E-state index in [4.69, 9.17) is 34.8 Å². The Morgan fingerprint density at radius 1 is 1.33 bits per heavy atom. The van der Waals surface area contributed by atoms with Gasteiger partial charge in [0, 0.05) is 26.8 Å². The molecule has 0 bridgehead atoms. The largest absolute Gasteiger partial charge is 0.349 e. The Morgan fingerprint density at radius 2 is 1.95 bits per heavy atom. The monoisotopic (exact) mass is 345 g/mol. The van der Waals surface area contributed by atoms with Gasteiger partial charge in [0.25, 0.3) is 5.91 Å². The van der Waals surface area contributed by atoms with Crippen LogP contribution in [0.25, 0.3) is 0 Å². The van der Waals surface area contributed by atoms with Gasteiger partial charge >= 0.3 is 0 Å². The Morgan fingerprint density at radius 3 is 2.48 bits per heavy atom. The minimum Gasteiger partial charge on any atom is -0.349 e. The van der Waals surface area contributed by atoms with E-state index >= 15 is 0 Å². The van der Waals surface area contributed by atoms with Crippen LogP contribution in [-0.4, -0.2) is 22.1 Å². The van der Waals surface area contributed by atoms with Crippen molar-refractivity contribution in [3.8, 4) is 0 Å². The maximum Gasteiger partial charge on any atom is 0.254 e. The van der Waals surface area contributed by atoms with E-state index in [2.05, 4.69) is 15.5 Å². The van der Waals surface area contributed by atoms with Crippen molar-refractivity contribution in [2.24, 2.45) is 0 Å². The van der Waals surface area contributed by atoms with Gasteiger partial charge in [0.1, 0.15) is 0 Å². The van der Waals surface area contributed by atoms with Crippen molar-refractivity contribution in [1.82, 2.24) is 15.5 Å². The van der Waals surface area contributed by atoms with Gasteiger partial charge in [-0.3, -0.25) is 9.89 Å². The third kappa shape index (κ3) is 3.90. The molecule has 0 radical (unpaired) electrons. The van der Waals surface area contributed by atoms with Crippen LogP contribution in [0.1, 0.15) is 28.5 Å². The van der Waals surface area contributed by atoms with Gasteiger partial charge in [-0.2, -0.15) is 5.10 Å². The molecule has 0 aliphatic heterocycles. The zero-order valence-electron chi connectivity index (χ0n) is 11.5. The number of aromatic amines is 1. The number of amides is 1. The number of rotatable bonds is 4. The molecule has 1 heterocycles. The van der Waals surface area contributed by atoms with Crippen LogP contribution in [0.5, 0.6) is 0 Å². The number of benzene rings is 1. The summed E-state index contributed by atoms with van der Waals surface area (Å²) in [7, 11) is 0. The summed E-state index contributed by atoms with van der Waals surface area (Å²) in [6.45, 7) is 3.67. The molecule has 0 aliphatic rings. The average Bonchev–Trinajstić information content (AvgIpc) is 2.80. The Hall–Kier alpha value is -1.23. The molecular weight excluding hydrogens is 333 g/mol. The molecule has 112 valence electrons. The van der Waals surface area contributed by atoms with E-state index in [1.54, 1.807) is 19.1 Å². The van der Waals surface area contributed by atoms with Gasteiger partial charge in [-0.1, -0.05) is 34.8 Å². The number of aryl methyl sites for hydroxylation is 1. The molecule has 2 rings (SSSR count). The molecule has 2 N–H and O–H groups in total. The fraction of sp³-hybridized carbons (Fsp3) is 0.286. The molecule has 0 saturated heterocycles. The van der Waals surface area contributed by atoms with Crippen LogP contribution in [0.15, 0.2) is 18.3 Å². The molecule has 1 aromatic carbocycles. The van der Waals surface area contributed by atoms with Gasteiger partial charge in [-0.05, 0) is 38.0 Å². The van der Waals surface area contributed by atoms with Crippen LogP contribution in [0.4, 0.5) is 0 Å². The lowest BCUT2D eigenvalue weighted by Crippen LogP contribution is -2.34. The van der Waals surface area contributed by atoms with Gasteiger partial charge in [-0.15, -0.1) is 0 Å². The summed E-state index contributed by atoms with van der Waals surface area (Å²) in [5.74, 6) is -0.185. The molecule has 21 heavy (non-hydrogen) atoms. The minimum atomic E-state index is -0.185. The van der Waals surface area contributed by atoms with Gasteiger partial charge in [-0.25, -0.2) is 0 Å². The number of hydrogen-bond donors (Lipinski definition) is 2. The van der Waals surface area contributed by atoms with Crippen LogP contribution in [-0.2, 0) is 6.42 Å². The second-order valence-corrected chi connectivity index (χ2v) is 6.09. The zero-order chi connectivity index (χ0) is 15.6. The summed E-state index contributed by atoms with van der Waals surface area (Å²) < 4.78 is 0. The molecule has 2 aromatic rings. The topological polar surface area (TPSA) is 57.8 Å². The Labute approximate surface area is 137 Å².